The van der Waals surface area contributed by atoms with E-state index in [0.717, 1.165) is 10.6 Å². The maximum Gasteiger partial charge on any atom is 0.352 e. The molecule has 2 aromatic carbocycles. The van der Waals surface area contributed by atoms with Crippen LogP contribution in [0.1, 0.15) is 17.3 Å². The lowest BCUT2D eigenvalue weighted by molar-refractivity contribution is 0.0517. The summed E-state index contributed by atoms with van der Waals surface area (Å²) in [4.78, 5) is 28.3. The molecule has 0 bridgehead atoms. The number of anilines is 1. The van der Waals surface area contributed by atoms with Crippen LogP contribution < -0.4 is 10.5 Å². The van der Waals surface area contributed by atoms with Crippen LogP contribution in [0.2, 0.25) is 0 Å². The van der Waals surface area contributed by atoms with Crippen molar-refractivity contribution in [2.24, 2.45) is 0 Å². The van der Waals surface area contributed by atoms with Crippen molar-refractivity contribution in [1.29, 1.82) is 0 Å². The molecule has 1 heterocycles. The van der Waals surface area contributed by atoms with E-state index in [9.17, 15) is 9.59 Å². The molecule has 0 fully saturated rings. The van der Waals surface area contributed by atoms with Gasteiger partial charge in [0.05, 0.1) is 6.61 Å². The Bertz CT molecular complexity index is 996. The summed E-state index contributed by atoms with van der Waals surface area (Å²) in [5, 5.41) is 0.701. The highest BCUT2D eigenvalue weighted by molar-refractivity contribution is 7.99. The average Bonchev–Trinajstić information content (AvgIpc) is 2.62. The van der Waals surface area contributed by atoms with Crippen molar-refractivity contribution in [2.45, 2.75) is 16.7 Å². The van der Waals surface area contributed by atoms with Crippen LogP contribution in [-0.4, -0.2) is 26.7 Å². The fourth-order valence-electron chi connectivity index (χ4n) is 2.53. The number of nitrogens with zero attached hydrogens (tertiary/aromatic N) is 1. The number of hydrogen-bond acceptors (Lipinski definition) is 6. The molecular weight excluding hydrogens is 350 g/mol. The van der Waals surface area contributed by atoms with E-state index in [1.807, 2.05) is 61.5 Å². The van der Waals surface area contributed by atoms with Crippen LogP contribution in [0, 0.1) is 0 Å². The molecule has 0 aliphatic carbocycles. The molecule has 0 N–H and O–H groups in total. The number of carbonyl (C=O) groups is 1. The fraction of sp³-hybridized carbons (Fsp3) is 0.200. The van der Waals surface area contributed by atoms with E-state index in [0.29, 0.717) is 15.9 Å². The Labute approximate surface area is 155 Å². The Balaban J connectivity index is 2.25. The topological polar surface area (TPSA) is 59.8 Å². The summed E-state index contributed by atoms with van der Waals surface area (Å²) < 4.78 is 10.5. The Morgan fingerprint density at radius 2 is 1.88 bits per heavy atom. The van der Waals surface area contributed by atoms with Gasteiger partial charge in [-0.25, -0.2) is 9.59 Å². The van der Waals surface area contributed by atoms with Crippen molar-refractivity contribution >= 4 is 34.4 Å². The quantitative estimate of drug-likeness (QED) is 0.496. The second-order valence-electron chi connectivity index (χ2n) is 5.80. The molecule has 0 saturated heterocycles. The SMILES string of the molecule is CCOC(=O)c1c(Sc2ccccc2)c2ccc(N(C)C)cc2oc1=O. The third-order valence-electron chi connectivity index (χ3n) is 3.80. The van der Waals surface area contributed by atoms with Gasteiger partial charge in [-0.15, -0.1) is 0 Å². The summed E-state index contributed by atoms with van der Waals surface area (Å²) in [6.07, 6.45) is 0. The van der Waals surface area contributed by atoms with Crippen LogP contribution in [0.3, 0.4) is 0 Å². The minimum absolute atomic E-state index is 0.0641. The average molecular weight is 369 g/mol. The van der Waals surface area contributed by atoms with Crippen LogP contribution in [0.4, 0.5) is 5.69 Å². The molecule has 0 saturated carbocycles. The van der Waals surface area contributed by atoms with Crippen molar-refractivity contribution in [2.75, 3.05) is 25.6 Å². The van der Waals surface area contributed by atoms with E-state index in [2.05, 4.69) is 0 Å². The van der Waals surface area contributed by atoms with E-state index in [1.54, 1.807) is 13.0 Å². The highest BCUT2D eigenvalue weighted by Gasteiger charge is 2.23. The first-order valence-corrected chi connectivity index (χ1v) is 9.01. The molecule has 0 aliphatic heterocycles. The first-order valence-electron chi connectivity index (χ1n) is 8.19. The summed E-state index contributed by atoms with van der Waals surface area (Å²) >= 11 is 1.35. The van der Waals surface area contributed by atoms with Gasteiger partial charge in [-0.1, -0.05) is 30.0 Å². The second-order valence-corrected chi connectivity index (χ2v) is 6.89. The van der Waals surface area contributed by atoms with Gasteiger partial charge >= 0.3 is 11.6 Å². The predicted molar refractivity (Wildman–Crippen MR) is 103 cm³/mol. The van der Waals surface area contributed by atoms with E-state index >= 15 is 0 Å². The second kappa shape index (κ2) is 7.66. The third kappa shape index (κ3) is 3.60. The lowest BCUT2D eigenvalue weighted by Crippen LogP contribution is -2.18. The zero-order chi connectivity index (χ0) is 18.7. The van der Waals surface area contributed by atoms with Crippen LogP contribution in [0.25, 0.3) is 11.0 Å². The van der Waals surface area contributed by atoms with Crippen LogP contribution in [-0.2, 0) is 4.74 Å². The smallest absolute Gasteiger partial charge is 0.352 e. The molecule has 0 aliphatic rings. The standard InChI is InChI=1S/C20H19NO4S/c1-4-24-19(22)17-18(26-14-8-6-5-7-9-14)15-11-10-13(21(2)3)12-16(15)25-20(17)23/h5-12H,4H2,1-3H3. The van der Waals surface area contributed by atoms with Gasteiger partial charge in [0.25, 0.3) is 0 Å². The summed E-state index contributed by atoms with van der Waals surface area (Å²) in [5.41, 5.74) is 0.587. The molecule has 0 spiro atoms. The van der Waals surface area contributed by atoms with Gasteiger partial charge in [0.15, 0.2) is 5.56 Å². The lowest BCUT2D eigenvalue weighted by atomic mass is 10.1. The van der Waals surface area contributed by atoms with E-state index < -0.39 is 11.6 Å². The number of hydrogen-bond donors (Lipinski definition) is 0. The van der Waals surface area contributed by atoms with E-state index in [1.165, 1.54) is 11.8 Å². The molecule has 6 heteroatoms. The largest absolute Gasteiger partial charge is 0.462 e. The number of esters is 1. The summed E-state index contributed by atoms with van der Waals surface area (Å²) in [5.74, 6) is -0.668. The Morgan fingerprint density at radius 1 is 1.15 bits per heavy atom. The molecule has 26 heavy (non-hydrogen) atoms. The molecule has 0 atom stereocenters. The number of fused-ring (bicyclic) bond motifs is 1. The highest BCUT2D eigenvalue weighted by atomic mass is 32.2. The minimum Gasteiger partial charge on any atom is -0.462 e. The van der Waals surface area contributed by atoms with Gasteiger partial charge in [0.2, 0.25) is 0 Å². The van der Waals surface area contributed by atoms with Crippen LogP contribution >= 0.6 is 11.8 Å². The van der Waals surface area contributed by atoms with Gasteiger partial charge < -0.3 is 14.1 Å². The Hall–Kier alpha value is -2.73. The third-order valence-corrected chi connectivity index (χ3v) is 4.94. The maximum absolute atomic E-state index is 12.5. The van der Waals surface area contributed by atoms with Gasteiger partial charge in [-0.05, 0) is 31.2 Å². The number of rotatable bonds is 5. The minimum atomic E-state index is -0.690. The van der Waals surface area contributed by atoms with Crippen LogP contribution in [0.15, 0.2) is 67.5 Å². The lowest BCUT2D eigenvalue weighted by Gasteiger charge is -2.15. The molecule has 3 aromatic rings. The monoisotopic (exact) mass is 369 g/mol. The van der Waals surface area contributed by atoms with Gasteiger partial charge in [0, 0.05) is 41.0 Å². The molecule has 0 radical (unpaired) electrons. The number of carbonyl (C=O) groups excluding carboxylic acids is 1. The zero-order valence-corrected chi connectivity index (χ0v) is 15.6. The molecular formula is C20H19NO4S. The summed E-state index contributed by atoms with van der Waals surface area (Å²) in [6.45, 7) is 1.89. The van der Waals surface area contributed by atoms with E-state index in [-0.39, 0.29) is 12.2 Å². The Morgan fingerprint density at radius 3 is 2.54 bits per heavy atom. The predicted octanol–water partition coefficient (Wildman–Crippen LogP) is 4.19. The van der Waals surface area contributed by atoms with Crippen LogP contribution in [0.5, 0.6) is 0 Å². The molecule has 3 rings (SSSR count). The molecule has 0 unspecified atom stereocenters. The van der Waals surface area contributed by atoms with Gasteiger partial charge in [-0.3, -0.25) is 0 Å². The van der Waals surface area contributed by atoms with Crippen molar-refractivity contribution in [3.63, 3.8) is 0 Å². The van der Waals surface area contributed by atoms with Crippen molar-refractivity contribution in [1.82, 2.24) is 0 Å². The first-order chi connectivity index (χ1) is 12.5. The molecule has 1 aromatic heterocycles. The molecule has 5 nitrogen and oxygen atoms in total. The Kier molecular flexibility index (Phi) is 5.32. The van der Waals surface area contributed by atoms with Crippen molar-refractivity contribution in [3.8, 4) is 0 Å². The summed E-state index contributed by atoms with van der Waals surface area (Å²) in [7, 11) is 3.82. The normalized spacial score (nSPS) is 10.7. The van der Waals surface area contributed by atoms with E-state index in [4.69, 9.17) is 9.15 Å². The first kappa shape index (κ1) is 18.1. The zero-order valence-electron chi connectivity index (χ0n) is 14.8. The van der Waals surface area contributed by atoms with Crippen molar-refractivity contribution in [3.05, 3.63) is 64.5 Å². The molecule has 0 amide bonds. The number of benzene rings is 2. The fourth-order valence-corrected chi connectivity index (χ4v) is 3.61. The number of ether oxygens (including phenoxy) is 1. The summed E-state index contributed by atoms with van der Waals surface area (Å²) in [6, 6.07) is 15.2. The maximum atomic E-state index is 12.5. The van der Waals surface area contributed by atoms with Gasteiger partial charge in [-0.2, -0.15) is 0 Å². The molecule has 134 valence electrons. The highest BCUT2D eigenvalue weighted by Crippen LogP contribution is 2.36. The van der Waals surface area contributed by atoms with Crippen molar-refractivity contribution < 1.29 is 13.9 Å². The van der Waals surface area contributed by atoms with Gasteiger partial charge in [0.1, 0.15) is 5.58 Å².